The highest BCUT2D eigenvalue weighted by atomic mass is 35.5. The second-order valence-corrected chi connectivity index (χ2v) is 11.9. The van der Waals surface area contributed by atoms with Gasteiger partial charge in [0.1, 0.15) is 23.0 Å². The molecular weight excluding hydrogens is 626 g/mol. The molecule has 4 heterocycles. The van der Waals surface area contributed by atoms with Gasteiger partial charge in [-0.3, -0.25) is 14.2 Å². The molecule has 1 atom stereocenters. The van der Waals surface area contributed by atoms with Crippen molar-refractivity contribution in [2.75, 3.05) is 43.9 Å². The third-order valence-corrected chi connectivity index (χ3v) is 8.65. The van der Waals surface area contributed by atoms with Crippen molar-refractivity contribution < 1.29 is 22.4 Å². The van der Waals surface area contributed by atoms with E-state index in [1.807, 2.05) is 38.1 Å². The zero-order chi connectivity index (χ0) is 33.8. The van der Waals surface area contributed by atoms with Gasteiger partial charge in [-0.15, -0.1) is 0 Å². The predicted molar refractivity (Wildman–Crippen MR) is 169 cm³/mol. The number of anilines is 2. The van der Waals surface area contributed by atoms with E-state index in [-0.39, 0.29) is 65.3 Å². The Kier molecular flexibility index (Phi) is 8.61. The Hall–Kier alpha value is -4.83. The highest BCUT2D eigenvalue weighted by molar-refractivity contribution is 6.34. The van der Waals surface area contributed by atoms with Crippen LogP contribution < -0.4 is 16.2 Å². The predicted octanol–water partition coefficient (Wildman–Crippen LogP) is 5.28. The van der Waals surface area contributed by atoms with Crippen molar-refractivity contribution in [2.45, 2.75) is 26.8 Å². The third-order valence-electron chi connectivity index (χ3n) is 8.36. The molecule has 0 aliphatic carbocycles. The average Bonchev–Trinajstić information content (AvgIpc) is 3.03. The molecule has 1 aromatic carbocycles. The Bertz CT molecular complexity index is 1950. The first-order chi connectivity index (χ1) is 21.7. The first-order valence-electron chi connectivity index (χ1n) is 14.3. The molecule has 1 fully saturated rings. The molecule has 2 aliphatic heterocycles. The van der Waals surface area contributed by atoms with Crippen LogP contribution in [0.2, 0.25) is 5.02 Å². The van der Waals surface area contributed by atoms with E-state index < -0.39 is 51.8 Å². The van der Waals surface area contributed by atoms with Gasteiger partial charge in [0.05, 0.1) is 33.7 Å². The van der Waals surface area contributed by atoms with Crippen molar-refractivity contribution >= 4 is 45.6 Å². The number of nitrogens with zero attached hydrogens (tertiary/aromatic N) is 6. The molecule has 1 amide bonds. The van der Waals surface area contributed by atoms with E-state index >= 15 is 8.78 Å². The number of fused-ring (bicyclic) bond motifs is 1. The summed E-state index contributed by atoms with van der Waals surface area (Å²) >= 11 is 6.59. The lowest BCUT2D eigenvalue weighted by molar-refractivity contribution is -0.126. The van der Waals surface area contributed by atoms with Crippen molar-refractivity contribution in [2.24, 2.45) is 5.92 Å². The van der Waals surface area contributed by atoms with Crippen LogP contribution in [0.1, 0.15) is 26.3 Å². The first kappa shape index (κ1) is 32.6. The number of nitrogen functional groups attached to an aromatic ring is 1. The fourth-order valence-electron chi connectivity index (χ4n) is 6.16. The number of carbonyl (C=O) groups excluding carboxylic acids is 1. The number of likely N-dealkylation sites (N-methyl/N-ethyl adjacent to an activating group) is 1. The van der Waals surface area contributed by atoms with Crippen LogP contribution in [0.15, 0.2) is 41.4 Å². The minimum atomic E-state index is -2.02. The van der Waals surface area contributed by atoms with E-state index in [4.69, 9.17) is 17.3 Å². The molecule has 5 rings (SSSR count). The van der Waals surface area contributed by atoms with Gasteiger partial charge in [-0.05, 0) is 42.8 Å². The van der Waals surface area contributed by atoms with Gasteiger partial charge in [-0.1, -0.05) is 32.0 Å². The Morgan fingerprint density at radius 3 is 2.39 bits per heavy atom. The zero-order valence-corrected chi connectivity index (χ0v) is 26.2. The fourth-order valence-corrected chi connectivity index (χ4v) is 6.41. The van der Waals surface area contributed by atoms with Gasteiger partial charge in [0.15, 0.2) is 23.3 Å². The number of nitriles is 1. The second-order valence-electron chi connectivity index (χ2n) is 11.5. The molecule has 14 heteroatoms. The van der Waals surface area contributed by atoms with Crippen LogP contribution in [0, 0.1) is 40.5 Å². The summed E-state index contributed by atoms with van der Waals surface area (Å²) in [5, 5.41) is 10.2. The van der Waals surface area contributed by atoms with Gasteiger partial charge in [-0.2, -0.15) is 5.26 Å². The van der Waals surface area contributed by atoms with E-state index in [2.05, 4.69) is 11.6 Å². The van der Waals surface area contributed by atoms with Crippen molar-refractivity contribution in [3.8, 4) is 17.3 Å². The van der Waals surface area contributed by atoms with Crippen LogP contribution in [0.4, 0.5) is 28.9 Å². The Morgan fingerprint density at radius 1 is 1.15 bits per heavy atom. The molecule has 9 nitrogen and oxygen atoms in total. The van der Waals surface area contributed by atoms with Gasteiger partial charge < -0.3 is 20.4 Å². The van der Waals surface area contributed by atoms with Crippen molar-refractivity contribution in [3.63, 3.8) is 0 Å². The average molecular weight is 656 g/mol. The number of allylic oxidation sites excluding steroid dienone is 2. The summed E-state index contributed by atoms with van der Waals surface area (Å²) in [5.74, 6) is -7.79. The number of halogens is 5. The lowest BCUT2D eigenvalue weighted by atomic mass is 9.93. The lowest BCUT2D eigenvalue weighted by Gasteiger charge is -2.38. The molecule has 1 unspecified atom stereocenters. The Labute approximate surface area is 267 Å². The smallest absolute Gasteiger partial charge is 0.276 e. The number of piperazine rings is 1. The lowest BCUT2D eigenvalue weighted by Crippen LogP contribution is -2.49. The summed E-state index contributed by atoms with van der Waals surface area (Å²) < 4.78 is 60.4. The number of hydrogen-bond donors (Lipinski definition) is 1. The summed E-state index contributed by atoms with van der Waals surface area (Å²) in [6, 6.07) is 2.90. The monoisotopic (exact) mass is 655 g/mol. The molecule has 0 saturated carbocycles. The molecule has 2 aromatic heterocycles. The molecule has 2 aliphatic rings. The third kappa shape index (κ3) is 5.06. The van der Waals surface area contributed by atoms with Crippen LogP contribution >= 0.6 is 11.6 Å². The summed E-state index contributed by atoms with van der Waals surface area (Å²) in [6.07, 6.45) is 4.80. The molecule has 1 saturated heterocycles. The molecule has 0 radical (unpaired) electrons. The van der Waals surface area contributed by atoms with E-state index in [0.29, 0.717) is 11.3 Å². The van der Waals surface area contributed by atoms with Crippen LogP contribution in [0.3, 0.4) is 0 Å². The van der Waals surface area contributed by atoms with E-state index in [9.17, 15) is 23.6 Å². The van der Waals surface area contributed by atoms with Gasteiger partial charge in [-0.25, -0.2) is 22.5 Å². The quantitative estimate of drug-likeness (QED) is 0.131. The molecule has 46 heavy (non-hydrogen) atoms. The molecule has 240 valence electrons. The topological polar surface area (TPSA) is 111 Å². The summed E-state index contributed by atoms with van der Waals surface area (Å²) in [7, 11) is 1.81. The number of pyridine rings is 2. The van der Waals surface area contributed by atoms with Crippen LogP contribution in [0.5, 0.6) is 0 Å². The zero-order valence-electron chi connectivity index (χ0n) is 25.5. The minimum absolute atomic E-state index is 0.0739. The SMILES string of the molecule is C=CC(=O)N1CCN(c2c(C#N)c(=O)n(C3=C(C)C=CN(C)C3C(C)C)c3nc(-c4c(F)c(N)c(F)c(F)c4F)c(Cl)cc23)CC1. The molecule has 3 aromatic rings. The van der Waals surface area contributed by atoms with Gasteiger partial charge in [0.2, 0.25) is 5.91 Å². The van der Waals surface area contributed by atoms with Gasteiger partial charge in [0.25, 0.3) is 5.56 Å². The van der Waals surface area contributed by atoms with Crippen LogP contribution in [0.25, 0.3) is 28.0 Å². The van der Waals surface area contributed by atoms with Crippen molar-refractivity contribution in [1.82, 2.24) is 19.4 Å². The standard InChI is InChI=1S/C32H30ClF4N7O2/c1-6-20(45)42-9-11-43(12-10-42)30-17-13-19(33)27(21-22(34)24(36)25(37)26(39)23(21)35)40-31(17)44(32(46)18(30)14-38)29-16(4)7-8-41(5)28(29)15(2)3/h6-8,13,15,28H,1,9-12,39H2,2-5H3. The number of benzene rings is 1. The number of nitrogens with two attached hydrogens (primary N) is 1. The van der Waals surface area contributed by atoms with E-state index in [1.165, 1.54) is 16.7 Å². The summed E-state index contributed by atoms with van der Waals surface area (Å²) in [4.78, 5) is 36.3. The Balaban J connectivity index is 1.91. The number of hydrogen-bond acceptors (Lipinski definition) is 7. The number of amides is 1. The number of aromatic nitrogens is 2. The Morgan fingerprint density at radius 2 is 1.80 bits per heavy atom. The first-order valence-corrected chi connectivity index (χ1v) is 14.7. The molecular formula is C32H30ClF4N7O2. The molecule has 0 bridgehead atoms. The number of carbonyl (C=O) groups is 1. The maximum Gasteiger partial charge on any atom is 0.276 e. The maximum atomic E-state index is 15.4. The van der Waals surface area contributed by atoms with E-state index in [0.717, 1.165) is 0 Å². The van der Waals surface area contributed by atoms with E-state index in [1.54, 1.807) is 22.8 Å². The summed E-state index contributed by atoms with van der Waals surface area (Å²) in [5.41, 5.74) is 2.56. The van der Waals surface area contributed by atoms with Gasteiger partial charge in [0, 0.05) is 38.6 Å². The number of rotatable bonds is 5. The van der Waals surface area contributed by atoms with Crippen molar-refractivity contribution in [3.05, 3.63) is 80.8 Å². The maximum absolute atomic E-state index is 15.4. The van der Waals surface area contributed by atoms with Crippen molar-refractivity contribution in [1.29, 1.82) is 5.26 Å². The minimum Gasteiger partial charge on any atom is -0.394 e. The highest BCUT2D eigenvalue weighted by Gasteiger charge is 2.34. The highest BCUT2D eigenvalue weighted by Crippen LogP contribution is 2.41. The van der Waals surface area contributed by atoms with Crippen LogP contribution in [-0.4, -0.2) is 64.5 Å². The second kappa shape index (κ2) is 12.2. The normalized spacial score (nSPS) is 16.9. The fraction of sp³-hybridized carbons (Fsp3) is 0.312. The molecule has 2 N–H and O–H groups in total. The van der Waals surface area contributed by atoms with Gasteiger partial charge >= 0.3 is 0 Å². The summed E-state index contributed by atoms with van der Waals surface area (Å²) in [6.45, 7) is 10.1. The largest absolute Gasteiger partial charge is 0.394 e. The van der Waals surface area contributed by atoms with Crippen LogP contribution in [-0.2, 0) is 4.79 Å². The molecule has 0 spiro atoms.